The standard InChI is InChI=1S/C24H27F3N4O6S/c1-28-38(34,35)29-19-7-5-6-14(22(19)27)10-17-18(12-31(4)13-21(25)26)16-9-8-15(36-24(33)30(2)3)11-20(16)37-23(17)32/h5-9,11,21,28-29H,10,12-13H2,1-4H3. The molecule has 0 bridgehead atoms. The maximum Gasteiger partial charge on any atom is 0.414 e. The second-order valence-corrected chi connectivity index (χ2v) is 10.2. The molecule has 0 radical (unpaired) electrons. The average Bonchev–Trinajstić information content (AvgIpc) is 2.82. The summed E-state index contributed by atoms with van der Waals surface area (Å²) in [5.74, 6) is -0.821. The fourth-order valence-corrected chi connectivity index (χ4v) is 4.20. The van der Waals surface area contributed by atoms with Crippen molar-refractivity contribution in [3.8, 4) is 5.75 Å². The van der Waals surface area contributed by atoms with E-state index in [1.54, 1.807) is 0 Å². The second-order valence-electron chi connectivity index (χ2n) is 8.62. The molecule has 1 amide bonds. The van der Waals surface area contributed by atoms with Crippen LogP contribution in [0.2, 0.25) is 0 Å². The molecule has 0 saturated carbocycles. The number of amides is 1. The number of hydrogen-bond acceptors (Lipinski definition) is 7. The number of benzene rings is 2. The number of anilines is 1. The van der Waals surface area contributed by atoms with E-state index in [9.17, 15) is 26.8 Å². The number of carbonyl (C=O) groups is 1. The van der Waals surface area contributed by atoms with Crippen LogP contribution in [0.25, 0.3) is 11.0 Å². The minimum absolute atomic E-state index is 0.00387. The molecule has 0 aliphatic carbocycles. The number of halogens is 3. The zero-order valence-electron chi connectivity index (χ0n) is 21.0. The first-order valence-corrected chi connectivity index (χ1v) is 12.7. The molecule has 2 N–H and O–H groups in total. The van der Waals surface area contributed by atoms with Crippen molar-refractivity contribution in [2.75, 3.05) is 39.5 Å². The molecule has 0 spiro atoms. The lowest BCUT2D eigenvalue weighted by Gasteiger charge is -2.20. The molecule has 0 saturated heterocycles. The molecule has 1 aromatic heterocycles. The summed E-state index contributed by atoms with van der Waals surface area (Å²) in [5, 5.41) is 0.373. The van der Waals surface area contributed by atoms with Crippen molar-refractivity contribution in [1.29, 1.82) is 0 Å². The molecule has 0 aliphatic heterocycles. The third-order valence-corrected chi connectivity index (χ3v) is 6.52. The van der Waals surface area contributed by atoms with Gasteiger partial charge in [-0.15, -0.1) is 0 Å². The number of rotatable bonds is 10. The number of carbonyl (C=O) groups excluding carboxylic acids is 1. The topological polar surface area (TPSA) is 121 Å². The number of ether oxygens (including phenoxy) is 1. The van der Waals surface area contributed by atoms with Gasteiger partial charge in [0.05, 0.1) is 12.2 Å². The molecule has 0 atom stereocenters. The van der Waals surface area contributed by atoms with Crippen LogP contribution in [0.1, 0.15) is 16.7 Å². The number of hydrogen-bond donors (Lipinski definition) is 2. The van der Waals surface area contributed by atoms with Crippen LogP contribution < -0.4 is 19.8 Å². The summed E-state index contributed by atoms with van der Waals surface area (Å²) in [6.07, 6.45) is -3.61. The van der Waals surface area contributed by atoms with E-state index in [4.69, 9.17) is 9.15 Å². The Bertz CT molecular complexity index is 1490. The normalized spacial score (nSPS) is 11.8. The van der Waals surface area contributed by atoms with Crippen molar-refractivity contribution < 1.29 is 35.5 Å². The predicted octanol–water partition coefficient (Wildman–Crippen LogP) is 3.16. The van der Waals surface area contributed by atoms with Gasteiger partial charge in [-0.25, -0.2) is 27.5 Å². The van der Waals surface area contributed by atoms with E-state index >= 15 is 4.39 Å². The van der Waals surface area contributed by atoms with Crippen molar-refractivity contribution in [1.82, 2.24) is 14.5 Å². The number of fused-ring (bicyclic) bond motifs is 1. The number of alkyl halides is 2. The van der Waals surface area contributed by atoms with Crippen molar-refractivity contribution in [3.05, 3.63) is 69.3 Å². The van der Waals surface area contributed by atoms with Crippen LogP contribution >= 0.6 is 0 Å². The van der Waals surface area contributed by atoms with E-state index < -0.39 is 40.7 Å². The first kappa shape index (κ1) is 28.9. The monoisotopic (exact) mass is 556 g/mol. The van der Waals surface area contributed by atoms with Crippen LogP contribution in [-0.4, -0.2) is 65.5 Å². The van der Waals surface area contributed by atoms with E-state index in [0.29, 0.717) is 10.9 Å². The zero-order chi connectivity index (χ0) is 28.2. The number of nitrogens with one attached hydrogen (secondary N) is 2. The van der Waals surface area contributed by atoms with Crippen LogP contribution in [0.5, 0.6) is 5.75 Å². The highest BCUT2D eigenvalue weighted by molar-refractivity contribution is 7.90. The summed E-state index contributed by atoms with van der Waals surface area (Å²) in [4.78, 5) is 27.5. The van der Waals surface area contributed by atoms with Crippen molar-refractivity contribution >= 4 is 33.0 Å². The molecule has 206 valence electrons. The van der Waals surface area contributed by atoms with Gasteiger partial charge in [0.15, 0.2) is 5.82 Å². The molecule has 1 heterocycles. The summed E-state index contributed by atoms with van der Waals surface area (Å²) in [6.45, 7) is -0.693. The van der Waals surface area contributed by atoms with Gasteiger partial charge in [0.25, 0.3) is 16.6 Å². The Morgan fingerprint density at radius 2 is 1.84 bits per heavy atom. The summed E-state index contributed by atoms with van der Waals surface area (Å²) in [5.41, 5.74) is -0.864. The molecule has 38 heavy (non-hydrogen) atoms. The molecule has 3 rings (SSSR count). The van der Waals surface area contributed by atoms with Crippen LogP contribution in [0.4, 0.5) is 23.7 Å². The molecular formula is C24H27F3N4O6S. The Labute approximate surface area is 217 Å². The smallest absolute Gasteiger partial charge is 0.414 e. The first-order valence-electron chi connectivity index (χ1n) is 11.2. The maximum absolute atomic E-state index is 15.2. The first-order chi connectivity index (χ1) is 17.8. The van der Waals surface area contributed by atoms with Crippen LogP contribution in [0.3, 0.4) is 0 Å². The van der Waals surface area contributed by atoms with Gasteiger partial charge in [-0.3, -0.25) is 9.62 Å². The zero-order valence-corrected chi connectivity index (χ0v) is 21.9. The van der Waals surface area contributed by atoms with Gasteiger partial charge in [0.2, 0.25) is 0 Å². The van der Waals surface area contributed by atoms with E-state index in [2.05, 4.69) is 4.72 Å². The van der Waals surface area contributed by atoms with Gasteiger partial charge >= 0.3 is 11.7 Å². The van der Waals surface area contributed by atoms with E-state index in [-0.39, 0.29) is 41.1 Å². The lowest BCUT2D eigenvalue weighted by Crippen LogP contribution is -2.27. The Balaban J connectivity index is 2.12. The highest BCUT2D eigenvalue weighted by atomic mass is 32.2. The molecule has 10 nitrogen and oxygen atoms in total. The Kier molecular flexibility index (Phi) is 9.01. The lowest BCUT2D eigenvalue weighted by atomic mass is 9.97. The molecule has 0 aliphatic rings. The van der Waals surface area contributed by atoms with Crippen molar-refractivity contribution in [3.63, 3.8) is 0 Å². The molecular weight excluding hydrogens is 529 g/mol. The van der Waals surface area contributed by atoms with Crippen molar-refractivity contribution in [2.45, 2.75) is 19.4 Å². The Hall–Kier alpha value is -3.62. The highest BCUT2D eigenvalue weighted by Crippen LogP contribution is 2.29. The quantitative estimate of drug-likeness (QED) is 0.368. The van der Waals surface area contributed by atoms with Crippen LogP contribution in [-0.2, 0) is 23.2 Å². The molecule has 2 aromatic carbocycles. The fourth-order valence-electron chi connectivity index (χ4n) is 3.65. The average molecular weight is 557 g/mol. The largest absolute Gasteiger partial charge is 0.422 e. The molecule has 0 fully saturated rings. The van der Waals surface area contributed by atoms with E-state index in [1.165, 1.54) is 67.3 Å². The van der Waals surface area contributed by atoms with Gasteiger partial charge < -0.3 is 14.1 Å². The fraction of sp³-hybridized carbons (Fsp3) is 0.333. The Morgan fingerprint density at radius 3 is 2.47 bits per heavy atom. The SMILES string of the molecule is CNS(=O)(=O)Nc1cccc(Cc2c(CN(C)CC(F)F)c3ccc(OC(=O)N(C)C)cc3oc2=O)c1F. The third-order valence-electron chi connectivity index (χ3n) is 5.50. The highest BCUT2D eigenvalue weighted by Gasteiger charge is 2.21. The van der Waals surface area contributed by atoms with E-state index in [0.717, 1.165) is 7.05 Å². The van der Waals surface area contributed by atoms with Crippen molar-refractivity contribution in [2.24, 2.45) is 0 Å². The Morgan fingerprint density at radius 1 is 1.13 bits per heavy atom. The van der Waals surface area contributed by atoms with Crippen LogP contribution in [0, 0.1) is 5.82 Å². The summed E-state index contributed by atoms with van der Waals surface area (Å²) < 4.78 is 79.7. The van der Waals surface area contributed by atoms with Gasteiger partial charge in [-0.1, -0.05) is 12.1 Å². The summed E-state index contributed by atoms with van der Waals surface area (Å²) >= 11 is 0. The van der Waals surface area contributed by atoms with Gasteiger partial charge in [0.1, 0.15) is 11.3 Å². The van der Waals surface area contributed by atoms with Gasteiger partial charge in [-0.2, -0.15) is 8.42 Å². The molecule has 0 unspecified atom stereocenters. The van der Waals surface area contributed by atoms with Gasteiger partial charge in [-0.05, 0) is 36.4 Å². The van der Waals surface area contributed by atoms with E-state index in [1.807, 2.05) is 4.72 Å². The molecule has 14 heteroatoms. The predicted molar refractivity (Wildman–Crippen MR) is 135 cm³/mol. The molecule has 3 aromatic rings. The summed E-state index contributed by atoms with van der Waals surface area (Å²) in [6, 6.07) is 8.28. The third kappa shape index (κ3) is 7.02. The van der Waals surface area contributed by atoms with Gasteiger partial charge in [0, 0.05) is 51.1 Å². The lowest BCUT2D eigenvalue weighted by molar-refractivity contribution is 0.0975. The number of nitrogens with zero attached hydrogens (tertiary/aromatic N) is 2. The second kappa shape index (κ2) is 11.8. The minimum Gasteiger partial charge on any atom is -0.422 e. The maximum atomic E-state index is 15.2. The van der Waals surface area contributed by atoms with Crippen LogP contribution in [0.15, 0.2) is 45.6 Å². The summed E-state index contributed by atoms with van der Waals surface area (Å²) in [7, 11) is 1.56. The minimum atomic E-state index is -4.01.